The number of carboxylic acid groups (broad SMARTS) is 2. The Morgan fingerprint density at radius 2 is 0.909 bits per heavy atom. The molecule has 0 heterocycles. The number of aliphatic carboxylic acids is 2. The van der Waals surface area contributed by atoms with E-state index in [1.54, 1.807) is 0 Å². The minimum atomic E-state index is -0.869. The highest BCUT2D eigenvalue weighted by Gasteiger charge is 2.04. The topological polar surface area (TPSA) is 133 Å². The summed E-state index contributed by atoms with van der Waals surface area (Å²) < 4.78 is 0. The molecule has 0 rings (SSSR count). The zero-order chi connectivity index (χ0) is 16.8. The number of hydrogen-bond acceptors (Lipinski definition) is 4. The SMILES string of the molecule is O=C(O)CCCCC(=O)NCCNC(=O)CCCCC(=O)O. The minimum absolute atomic E-state index is 0.0607. The van der Waals surface area contributed by atoms with Crippen LogP contribution in [-0.2, 0) is 19.2 Å². The smallest absolute Gasteiger partial charge is 0.303 e. The summed E-state index contributed by atoms with van der Waals surface area (Å²) >= 11 is 0. The van der Waals surface area contributed by atoms with Gasteiger partial charge in [0.1, 0.15) is 0 Å². The van der Waals surface area contributed by atoms with Crippen molar-refractivity contribution in [2.75, 3.05) is 13.1 Å². The first-order valence-corrected chi connectivity index (χ1v) is 7.39. The van der Waals surface area contributed by atoms with Crippen LogP contribution in [-0.4, -0.2) is 47.1 Å². The molecule has 0 aromatic rings. The van der Waals surface area contributed by atoms with E-state index < -0.39 is 11.9 Å². The molecule has 0 bridgehead atoms. The van der Waals surface area contributed by atoms with Gasteiger partial charge in [-0.1, -0.05) is 0 Å². The Morgan fingerprint density at radius 1 is 0.591 bits per heavy atom. The molecule has 4 N–H and O–H groups in total. The number of carbonyl (C=O) groups excluding carboxylic acids is 2. The molecule has 8 nitrogen and oxygen atoms in total. The fraction of sp³-hybridized carbons (Fsp3) is 0.714. The summed E-state index contributed by atoms with van der Waals surface area (Å²) in [5.74, 6) is -2.07. The van der Waals surface area contributed by atoms with Crippen molar-refractivity contribution in [1.29, 1.82) is 0 Å². The van der Waals surface area contributed by atoms with Crippen molar-refractivity contribution >= 4 is 23.8 Å². The molecule has 22 heavy (non-hydrogen) atoms. The van der Waals surface area contributed by atoms with Crippen molar-refractivity contribution in [3.8, 4) is 0 Å². The van der Waals surface area contributed by atoms with Crippen LogP contribution in [0, 0.1) is 0 Å². The van der Waals surface area contributed by atoms with Gasteiger partial charge in [0.25, 0.3) is 0 Å². The molecule has 0 aromatic heterocycles. The highest BCUT2D eigenvalue weighted by molar-refractivity contribution is 5.77. The molecule has 0 saturated carbocycles. The van der Waals surface area contributed by atoms with Crippen molar-refractivity contribution in [2.45, 2.75) is 51.4 Å². The molecule has 8 heteroatoms. The number of amides is 2. The largest absolute Gasteiger partial charge is 0.481 e. The van der Waals surface area contributed by atoms with Crippen LogP contribution in [0.1, 0.15) is 51.4 Å². The van der Waals surface area contributed by atoms with E-state index in [2.05, 4.69) is 10.6 Å². The number of rotatable bonds is 13. The molecule has 0 fully saturated rings. The third kappa shape index (κ3) is 14.3. The van der Waals surface area contributed by atoms with Crippen LogP contribution in [0.4, 0.5) is 0 Å². The van der Waals surface area contributed by atoms with Gasteiger partial charge in [0.15, 0.2) is 0 Å². The van der Waals surface area contributed by atoms with E-state index in [0.29, 0.717) is 38.8 Å². The number of nitrogens with one attached hydrogen (secondary N) is 2. The Balaban J connectivity index is 3.43. The Morgan fingerprint density at radius 3 is 1.23 bits per heavy atom. The molecule has 0 spiro atoms. The first-order chi connectivity index (χ1) is 10.4. The molecule has 0 aliphatic heterocycles. The molecule has 0 aliphatic carbocycles. The predicted molar refractivity (Wildman–Crippen MR) is 78.2 cm³/mol. The van der Waals surface area contributed by atoms with E-state index in [0.717, 1.165) is 0 Å². The third-order valence-electron chi connectivity index (χ3n) is 2.86. The van der Waals surface area contributed by atoms with Crippen LogP contribution in [0.5, 0.6) is 0 Å². The minimum Gasteiger partial charge on any atom is -0.481 e. The van der Waals surface area contributed by atoms with Gasteiger partial charge in [0.05, 0.1) is 0 Å². The van der Waals surface area contributed by atoms with Crippen molar-refractivity contribution in [1.82, 2.24) is 10.6 Å². The zero-order valence-corrected chi connectivity index (χ0v) is 12.6. The van der Waals surface area contributed by atoms with E-state index in [1.807, 2.05) is 0 Å². The van der Waals surface area contributed by atoms with Crippen LogP contribution in [0.3, 0.4) is 0 Å². The molecule has 0 atom stereocenters. The molecular formula is C14H24N2O6. The van der Waals surface area contributed by atoms with Crippen LogP contribution < -0.4 is 10.6 Å². The van der Waals surface area contributed by atoms with Gasteiger partial charge in [-0.2, -0.15) is 0 Å². The second-order valence-electron chi connectivity index (χ2n) is 4.90. The van der Waals surface area contributed by atoms with E-state index in [9.17, 15) is 19.2 Å². The average Bonchev–Trinajstić information content (AvgIpc) is 2.44. The van der Waals surface area contributed by atoms with Gasteiger partial charge in [-0.25, -0.2) is 0 Å². The van der Waals surface area contributed by atoms with Gasteiger partial charge in [-0.3, -0.25) is 19.2 Å². The van der Waals surface area contributed by atoms with E-state index in [1.165, 1.54) is 0 Å². The van der Waals surface area contributed by atoms with Crippen LogP contribution in [0.25, 0.3) is 0 Å². The fourth-order valence-electron chi connectivity index (χ4n) is 1.70. The number of hydrogen-bond donors (Lipinski definition) is 4. The van der Waals surface area contributed by atoms with Crippen LogP contribution >= 0.6 is 0 Å². The van der Waals surface area contributed by atoms with E-state index in [4.69, 9.17) is 10.2 Å². The Hall–Kier alpha value is -2.12. The van der Waals surface area contributed by atoms with Crippen molar-refractivity contribution in [3.05, 3.63) is 0 Å². The van der Waals surface area contributed by atoms with Crippen molar-refractivity contribution < 1.29 is 29.4 Å². The third-order valence-corrected chi connectivity index (χ3v) is 2.86. The summed E-state index contributed by atoms with van der Waals surface area (Å²) in [7, 11) is 0. The van der Waals surface area contributed by atoms with Gasteiger partial charge in [0.2, 0.25) is 11.8 Å². The number of carbonyl (C=O) groups is 4. The maximum absolute atomic E-state index is 11.4. The molecule has 0 aromatic carbocycles. The van der Waals surface area contributed by atoms with E-state index in [-0.39, 0.29) is 37.5 Å². The van der Waals surface area contributed by atoms with Gasteiger partial charge in [-0.05, 0) is 25.7 Å². The standard InChI is InChI=1S/C14H24N2O6/c17-11(5-1-3-7-13(19)20)15-9-10-16-12(18)6-2-4-8-14(21)22/h1-10H2,(H,15,17)(H,16,18)(H,19,20)(H,21,22). The lowest BCUT2D eigenvalue weighted by molar-refractivity contribution is -0.138. The lowest BCUT2D eigenvalue weighted by Crippen LogP contribution is -2.34. The summed E-state index contributed by atoms with van der Waals surface area (Å²) in [6, 6.07) is 0. The summed E-state index contributed by atoms with van der Waals surface area (Å²) in [5.41, 5.74) is 0. The molecule has 2 amide bonds. The van der Waals surface area contributed by atoms with Gasteiger partial charge in [0, 0.05) is 38.8 Å². The molecule has 0 saturated heterocycles. The second kappa shape index (κ2) is 12.6. The molecule has 0 radical (unpaired) electrons. The summed E-state index contributed by atoms with van der Waals surface area (Å²) in [5, 5.41) is 22.1. The number of carboxylic acids is 2. The summed E-state index contributed by atoms with van der Waals surface area (Å²) in [4.78, 5) is 43.3. The van der Waals surface area contributed by atoms with Crippen molar-refractivity contribution in [3.63, 3.8) is 0 Å². The zero-order valence-electron chi connectivity index (χ0n) is 12.6. The summed E-state index contributed by atoms with van der Waals surface area (Å²) in [6.45, 7) is 0.636. The molecular weight excluding hydrogens is 292 g/mol. The van der Waals surface area contributed by atoms with Crippen LogP contribution in [0.2, 0.25) is 0 Å². The highest BCUT2D eigenvalue weighted by Crippen LogP contribution is 2.00. The normalized spacial score (nSPS) is 10.0. The lowest BCUT2D eigenvalue weighted by Gasteiger charge is -2.07. The lowest BCUT2D eigenvalue weighted by atomic mass is 10.2. The Labute approximate surface area is 129 Å². The number of unbranched alkanes of at least 4 members (excludes halogenated alkanes) is 2. The van der Waals surface area contributed by atoms with Gasteiger partial charge < -0.3 is 20.8 Å². The van der Waals surface area contributed by atoms with E-state index >= 15 is 0 Å². The molecule has 0 aliphatic rings. The average molecular weight is 316 g/mol. The highest BCUT2D eigenvalue weighted by atomic mass is 16.4. The second-order valence-corrected chi connectivity index (χ2v) is 4.90. The molecule has 0 unspecified atom stereocenters. The predicted octanol–water partition coefficient (Wildman–Crippen LogP) is 0.509. The first-order valence-electron chi connectivity index (χ1n) is 7.39. The monoisotopic (exact) mass is 316 g/mol. The van der Waals surface area contributed by atoms with Gasteiger partial charge in [-0.15, -0.1) is 0 Å². The quantitative estimate of drug-likeness (QED) is 0.366. The van der Waals surface area contributed by atoms with Gasteiger partial charge >= 0.3 is 11.9 Å². The van der Waals surface area contributed by atoms with Crippen molar-refractivity contribution in [2.24, 2.45) is 0 Å². The van der Waals surface area contributed by atoms with Crippen LogP contribution in [0.15, 0.2) is 0 Å². The Kier molecular flexibility index (Phi) is 11.4. The molecule has 126 valence electrons. The first kappa shape index (κ1) is 19.9. The maximum Gasteiger partial charge on any atom is 0.303 e. The Bertz CT molecular complexity index is 348. The maximum atomic E-state index is 11.4. The summed E-state index contributed by atoms with van der Waals surface area (Å²) in [6.07, 6.45) is 2.65. The fourth-order valence-corrected chi connectivity index (χ4v) is 1.70.